The Labute approximate surface area is 99.3 Å². The van der Waals surface area contributed by atoms with Crippen molar-refractivity contribution in [1.29, 1.82) is 0 Å². The van der Waals surface area contributed by atoms with Gasteiger partial charge in [0.15, 0.2) is 0 Å². The summed E-state index contributed by atoms with van der Waals surface area (Å²) >= 11 is 0. The highest BCUT2D eigenvalue weighted by molar-refractivity contribution is 5.40. The van der Waals surface area contributed by atoms with Crippen molar-refractivity contribution >= 4 is 0 Å². The lowest BCUT2D eigenvalue weighted by Gasteiger charge is -2.34. The van der Waals surface area contributed by atoms with Gasteiger partial charge in [0.1, 0.15) is 0 Å². The van der Waals surface area contributed by atoms with E-state index in [1.54, 1.807) is 5.56 Å². The SMILES string of the molecule is CC(NCC1Cc2ccccc21)C(C)(C)C. The molecule has 88 valence electrons. The van der Waals surface area contributed by atoms with Gasteiger partial charge in [-0.05, 0) is 29.9 Å². The van der Waals surface area contributed by atoms with Gasteiger partial charge in [-0.15, -0.1) is 0 Å². The molecule has 0 bridgehead atoms. The fourth-order valence-electron chi connectivity index (χ4n) is 2.17. The van der Waals surface area contributed by atoms with Gasteiger partial charge in [-0.1, -0.05) is 45.0 Å². The molecule has 1 heteroatoms. The van der Waals surface area contributed by atoms with E-state index in [0.29, 0.717) is 11.5 Å². The number of benzene rings is 1. The molecule has 1 nitrogen and oxygen atoms in total. The van der Waals surface area contributed by atoms with Crippen LogP contribution in [0.15, 0.2) is 24.3 Å². The molecule has 0 saturated heterocycles. The highest BCUT2D eigenvalue weighted by atomic mass is 14.9. The zero-order valence-corrected chi connectivity index (χ0v) is 10.9. The Balaban J connectivity index is 1.86. The second kappa shape index (κ2) is 4.21. The summed E-state index contributed by atoms with van der Waals surface area (Å²) in [5.41, 5.74) is 3.44. The summed E-state index contributed by atoms with van der Waals surface area (Å²) in [5.74, 6) is 0.737. The van der Waals surface area contributed by atoms with E-state index in [1.165, 1.54) is 12.0 Å². The predicted molar refractivity (Wildman–Crippen MR) is 69.8 cm³/mol. The van der Waals surface area contributed by atoms with Gasteiger partial charge in [0, 0.05) is 18.5 Å². The van der Waals surface area contributed by atoms with Crippen molar-refractivity contribution in [2.45, 2.75) is 46.1 Å². The van der Waals surface area contributed by atoms with Crippen LogP contribution in [0.25, 0.3) is 0 Å². The topological polar surface area (TPSA) is 12.0 Å². The van der Waals surface area contributed by atoms with E-state index >= 15 is 0 Å². The third-order valence-corrected chi connectivity index (χ3v) is 3.93. The fourth-order valence-corrected chi connectivity index (χ4v) is 2.17. The summed E-state index contributed by atoms with van der Waals surface area (Å²) in [6.07, 6.45) is 1.25. The van der Waals surface area contributed by atoms with Crippen molar-refractivity contribution in [3.63, 3.8) is 0 Å². The highest BCUT2D eigenvalue weighted by Gasteiger charge is 2.27. The van der Waals surface area contributed by atoms with Gasteiger partial charge in [0.2, 0.25) is 0 Å². The van der Waals surface area contributed by atoms with Crippen molar-refractivity contribution in [3.05, 3.63) is 35.4 Å². The second-order valence-electron chi connectivity index (χ2n) is 6.10. The fraction of sp³-hybridized carbons (Fsp3) is 0.600. The van der Waals surface area contributed by atoms with Gasteiger partial charge >= 0.3 is 0 Å². The molecule has 1 N–H and O–H groups in total. The Morgan fingerprint density at radius 3 is 2.62 bits per heavy atom. The first-order valence-electron chi connectivity index (χ1n) is 6.29. The molecule has 0 aromatic heterocycles. The van der Waals surface area contributed by atoms with Crippen LogP contribution >= 0.6 is 0 Å². The van der Waals surface area contributed by atoms with Crippen molar-refractivity contribution < 1.29 is 0 Å². The van der Waals surface area contributed by atoms with Crippen LogP contribution in [0.5, 0.6) is 0 Å². The summed E-state index contributed by atoms with van der Waals surface area (Å²) < 4.78 is 0. The molecule has 0 fully saturated rings. The standard InChI is InChI=1S/C15H23N/c1-11(15(2,3)4)16-10-13-9-12-7-5-6-8-14(12)13/h5-8,11,13,16H,9-10H2,1-4H3. The third kappa shape index (κ3) is 2.30. The van der Waals surface area contributed by atoms with Gasteiger partial charge in [-0.3, -0.25) is 0 Å². The summed E-state index contributed by atoms with van der Waals surface area (Å²) in [4.78, 5) is 0. The average Bonchev–Trinajstić information content (AvgIpc) is 2.17. The highest BCUT2D eigenvalue weighted by Crippen LogP contribution is 2.34. The second-order valence-corrected chi connectivity index (χ2v) is 6.10. The summed E-state index contributed by atoms with van der Waals surface area (Å²) in [6, 6.07) is 9.38. The first kappa shape index (κ1) is 11.7. The Morgan fingerprint density at radius 1 is 1.31 bits per heavy atom. The first-order chi connectivity index (χ1) is 7.48. The smallest absolute Gasteiger partial charge is 0.00875 e. The Bertz CT molecular complexity index is 362. The maximum Gasteiger partial charge on any atom is 0.00875 e. The molecule has 0 saturated carbocycles. The maximum atomic E-state index is 3.67. The molecule has 1 aliphatic carbocycles. The predicted octanol–water partition coefficient (Wildman–Crippen LogP) is 3.35. The minimum Gasteiger partial charge on any atom is -0.313 e. The van der Waals surface area contributed by atoms with Gasteiger partial charge in [-0.25, -0.2) is 0 Å². The summed E-state index contributed by atoms with van der Waals surface area (Å²) in [7, 11) is 0. The minimum absolute atomic E-state index is 0.350. The number of nitrogens with one attached hydrogen (secondary N) is 1. The molecule has 0 radical (unpaired) electrons. The van der Waals surface area contributed by atoms with Crippen LogP contribution in [0.3, 0.4) is 0 Å². The van der Waals surface area contributed by atoms with E-state index < -0.39 is 0 Å². The van der Waals surface area contributed by atoms with E-state index in [0.717, 1.165) is 12.5 Å². The first-order valence-corrected chi connectivity index (χ1v) is 6.29. The van der Waals surface area contributed by atoms with Gasteiger partial charge in [-0.2, -0.15) is 0 Å². The third-order valence-electron chi connectivity index (χ3n) is 3.93. The molecule has 1 aromatic carbocycles. The molecule has 1 aliphatic rings. The summed E-state index contributed by atoms with van der Waals surface area (Å²) in [5, 5.41) is 3.67. The molecule has 0 amide bonds. The molecular formula is C15H23N. The van der Waals surface area contributed by atoms with E-state index in [4.69, 9.17) is 0 Å². The molecule has 0 heterocycles. The zero-order valence-electron chi connectivity index (χ0n) is 10.9. The van der Waals surface area contributed by atoms with E-state index in [-0.39, 0.29) is 0 Å². The quantitative estimate of drug-likeness (QED) is 0.818. The molecule has 2 atom stereocenters. The average molecular weight is 217 g/mol. The van der Waals surface area contributed by atoms with E-state index in [9.17, 15) is 0 Å². The van der Waals surface area contributed by atoms with Crippen LogP contribution in [0.1, 0.15) is 44.7 Å². The van der Waals surface area contributed by atoms with Gasteiger partial charge < -0.3 is 5.32 Å². The van der Waals surface area contributed by atoms with Crippen molar-refractivity contribution in [3.8, 4) is 0 Å². The lowest BCUT2D eigenvalue weighted by atomic mass is 9.77. The number of hydrogen-bond donors (Lipinski definition) is 1. The van der Waals surface area contributed by atoms with Crippen LogP contribution in [-0.4, -0.2) is 12.6 Å². The lowest BCUT2D eigenvalue weighted by Crippen LogP contribution is -2.41. The molecule has 0 aliphatic heterocycles. The molecule has 16 heavy (non-hydrogen) atoms. The molecule has 0 spiro atoms. The zero-order chi connectivity index (χ0) is 11.8. The van der Waals surface area contributed by atoms with Crippen LogP contribution in [0.2, 0.25) is 0 Å². The number of hydrogen-bond acceptors (Lipinski definition) is 1. The number of fused-ring (bicyclic) bond motifs is 1. The van der Waals surface area contributed by atoms with Gasteiger partial charge in [0.25, 0.3) is 0 Å². The van der Waals surface area contributed by atoms with Crippen LogP contribution in [0, 0.1) is 5.41 Å². The molecule has 2 rings (SSSR count). The lowest BCUT2D eigenvalue weighted by molar-refractivity contribution is 0.279. The van der Waals surface area contributed by atoms with Crippen LogP contribution < -0.4 is 5.32 Å². The van der Waals surface area contributed by atoms with Gasteiger partial charge in [0.05, 0.1) is 0 Å². The van der Waals surface area contributed by atoms with E-state index in [2.05, 4.69) is 57.3 Å². The molecule has 1 aromatic rings. The Morgan fingerprint density at radius 2 is 2.00 bits per heavy atom. The molecular weight excluding hydrogens is 194 g/mol. The monoisotopic (exact) mass is 217 g/mol. The minimum atomic E-state index is 0.350. The van der Waals surface area contributed by atoms with Crippen molar-refractivity contribution in [2.75, 3.05) is 6.54 Å². The largest absolute Gasteiger partial charge is 0.313 e. The van der Waals surface area contributed by atoms with Crippen molar-refractivity contribution in [2.24, 2.45) is 5.41 Å². The van der Waals surface area contributed by atoms with E-state index in [1.807, 2.05) is 0 Å². The Kier molecular flexibility index (Phi) is 3.07. The number of rotatable bonds is 3. The van der Waals surface area contributed by atoms with Crippen molar-refractivity contribution in [1.82, 2.24) is 5.32 Å². The van der Waals surface area contributed by atoms with Crippen LogP contribution in [0.4, 0.5) is 0 Å². The maximum absolute atomic E-state index is 3.67. The molecule has 2 unspecified atom stereocenters. The van der Waals surface area contributed by atoms with Crippen LogP contribution in [-0.2, 0) is 6.42 Å². The summed E-state index contributed by atoms with van der Waals surface area (Å²) in [6.45, 7) is 10.3. The Hall–Kier alpha value is -0.820. The normalized spacial score (nSPS) is 21.1.